The Morgan fingerprint density at radius 1 is 0.967 bits per heavy atom. The number of hydrogen-bond donors (Lipinski definition) is 5. The zero-order valence-electron chi connectivity index (χ0n) is 37.1. The summed E-state index contributed by atoms with van der Waals surface area (Å²) in [6, 6.07) is 0. The summed E-state index contributed by atoms with van der Waals surface area (Å²) in [5.74, 6) is -6.44. The fourth-order valence-electron chi connectivity index (χ4n) is 9.20. The maximum absolute atomic E-state index is 14.7. The van der Waals surface area contributed by atoms with Gasteiger partial charge in [0.15, 0.2) is 11.4 Å². The van der Waals surface area contributed by atoms with E-state index < -0.39 is 82.9 Å². The summed E-state index contributed by atoms with van der Waals surface area (Å²) >= 11 is 0. The van der Waals surface area contributed by atoms with Crippen LogP contribution in [-0.4, -0.2) is 106 Å². The number of aliphatic hydroxyl groups is 2. The van der Waals surface area contributed by atoms with Gasteiger partial charge in [0.2, 0.25) is 0 Å². The molecule has 332 valence electrons. The predicted molar refractivity (Wildman–Crippen MR) is 228 cm³/mol. The van der Waals surface area contributed by atoms with Crippen molar-refractivity contribution in [1.82, 2.24) is 4.90 Å². The van der Waals surface area contributed by atoms with E-state index in [9.17, 15) is 34.8 Å². The highest BCUT2D eigenvalue weighted by Crippen LogP contribution is 2.50. The fourth-order valence-corrected chi connectivity index (χ4v) is 9.20. The lowest BCUT2D eigenvalue weighted by atomic mass is 9.78. The number of nitrogens with one attached hydrogen (secondary N) is 1. The van der Waals surface area contributed by atoms with Crippen LogP contribution in [0, 0.1) is 36.5 Å². The van der Waals surface area contributed by atoms with Crippen LogP contribution < -0.4 is 20.8 Å². The monoisotopic (exact) mass is 846 g/mol. The van der Waals surface area contributed by atoms with E-state index in [1.807, 2.05) is 0 Å². The molecule has 4 aliphatic heterocycles. The van der Waals surface area contributed by atoms with Crippen molar-refractivity contribution in [2.75, 3.05) is 32.1 Å². The number of phenols is 2. The van der Waals surface area contributed by atoms with Crippen molar-refractivity contribution in [1.29, 1.82) is 0 Å². The molecule has 15 heteroatoms. The molecule has 1 saturated heterocycles. The minimum Gasteiger partial charge on any atom is -0.507 e. The molecule has 15 nitrogen and oxygen atoms in total. The van der Waals surface area contributed by atoms with Crippen molar-refractivity contribution in [2.45, 2.75) is 118 Å². The molecule has 1 amide bonds. The number of nitrogens with zero attached hydrogens (tertiary/aromatic N) is 3. The molecule has 0 saturated carbocycles. The first-order valence-corrected chi connectivity index (χ1v) is 21.2. The molecule has 9 atom stereocenters. The lowest BCUT2D eigenvalue weighted by Gasteiger charge is -2.38. The number of allylic oxidation sites excluding steroid dienone is 2. The summed E-state index contributed by atoms with van der Waals surface area (Å²) in [5, 5.41) is 50.2. The van der Waals surface area contributed by atoms with Gasteiger partial charge in [-0.1, -0.05) is 59.8 Å². The number of benzene rings is 2. The van der Waals surface area contributed by atoms with Gasteiger partial charge in [-0.3, -0.25) is 24.4 Å². The number of anilines is 1. The number of carbonyl (C=O) groups is 3. The standard InChI is InChI=1S/C46H62N4O11/c1-22(2)21-50-18-16-46(17-19-50)48-34-31-32-39(54)28(8)42-33(31)43(56)45(10,61-42)59-20-15-30(58-11)25(5)41(60-29(9)51)27(7)38(53)26(6)37(52)23(3)13-12-14-24(4)44(57)47-36(40(32)55)35(34)49-46/h12-15,20,22-23,25-27,30,37-38,41,52-55H,16-19,21H2,1-11H3,(H,47,57)/b13-12+,20-15+,24-14+/t23-,25+,26+,27+,30-,37-,38+,41+,45-/m0/s1. The van der Waals surface area contributed by atoms with E-state index in [-0.39, 0.29) is 55.4 Å². The van der Waals surface area contributed by atoms with E-state index in [1.165, 1.54) is 27.2 Å². The first-order chi connectivity index (χ1) is 28.6. The van der Waals surface area contributed by atoms with Crippen molar-refractivity contribution < 1.29 is 53.8 Å². The second-order valence-electron chi connectivity index (χ2n) is 18.0. The van der Waals surface area contributed by atoms with Gasteiger partial charge in [-0.15, -0.1) is 0 Å². The first kappa shape index (κ1) is 45.7. The number of Topliss-reactive ketones (excluding diaryl/α,β-unsaturated/α-hetero) is 1. The fraction of sp³-hybridized carbons (Fsp3) is 0.587. The van der Waals surface area contributed by atoms with Crippen LogP contribution in [0.3, 0.4) is 0 Å². The molecule has 1 spiro atoms. The van der Waals surface area contributed by atoms with Crippen LogP contribution in [0.5, 0.6) is 17.2 Å². The van der Waals surface area contributed by atoms with E-state index in [2.05, 4.69) is 24.1 Å². The third kappa shape index (κ3) is 8.54. The quantitative estimate of drug-likeness (QED) is 0.209. The third-order valence-corrected chi connectivity index (χ3v) is 12.9. The van der Waals surface area contributed by atoms with Crippen molar-refractivity contribution in [3.05, 3.63) is 58.0 Å². The smallest absolute Gasteiger partial charge is 0.312 e. The Morgan fingerprint density at radius 3 is 2.25 bits per heavy atom. The molecule has 4 aliphatic rings. The van der Waals surface area contributed by atoms with Gasteiger partial charge in [0.25, 0.3) is 11.7 Å². The molecule has 0 unspecified atom stereocenters. The van der Waals surface area contributed by atoms with Crippen LogP contribution in [0.4, 0.5) is 5.69 Å². The lowest BCUT2D eigenvalue weighted by molar-refractivity contribution is -0.160. The second-order valence-corrected chi connectivity index (χ2v) is 18.0. The number of amides is 1. The van der Waals surface area contributed by atoms with Crippen molar-refractivity contribution in [3.8, 4) is 17.2 Å². The van der Waals surface area contributed by atoms with Crippen LogP contribution in [0.1, 0.15) is 91.1 Å². The topological polar surface area (TPSA) is 209 Å². The van der Waals surface area contributed by atoms with E-state index >= 15 is 0 Å². The van der Waals surface area contributed by atoms with Gasteiger partial charge in [0.1, 0.15) is 28.6 Å². The number of carbonyl (C=O) groups excluding carboxylic acids is 3. The Hall–Kier alpha value is -4.83. The van der Waals surface area contributed by atoms with E-state index in [0.717, 1.165) is 6.54 Å². The second kappa shape index (κ2) is 17.5. The summed E-state index contributed by atoms with van der Waals surface area (Å²) in [6.45, 7) is 19.5. The number of rotatable bonds is 4. The molecule has 6 rings (SSSR count). The Kier molecular flexibility index (Phi) is 13.1. The highest BCUT2D eigenvalue weighted by atomic mass is 16.7. The normalized spacial score (nSPS) is 32.7. The number of piperidine rings is 1. The average Bonchev–Trinajstić information content (AvgIpc) is 3.71. The van der Waals surface area contributed by atoms with Gasteiger partial charge >= 0.3 is 11.8 Å². The van der Waals surface area contributed by atoms with Gasteiger partial charge in [-0.25, -0.2) is 0 Å². The molecular formula is C46H62N4O11. The van der Waals surface area contributed by atoms with Crippen LogP contribution in [0.2, 0.25) is 0 Å². The van der Waals surface area contributed by atoms with Gasteiger partial charge in [-0.2, -0.15) is 0 Å². The molecule has 2 aromatic carbocycles. The maximum Gasteiger partial charge on any atom is 0.312 e. The SMILES string of the molecule is CO[C@H]1/C=C/O[C@@]2(C)Oc3c(C)c(O)c4c(O)c(c5c(c4c3C2=O)=NC2(CCN(CC(C)C)CC2)N=5)NC(=O)/C(C)=C/C=C/[C@H](C)[C@H](O)[C@@H](C)[C@@H](O)[C@@H](C)[C@H](OC(C)=O)[C@@H]1C. The van der Waals surface area contributed by atoms with Crippen molar-refractivity contribution in [3.63, 3.8) is 0 Å². The number of ether oxygens (including phenoxy) is 4. The summed E-state index contributed by atoms with van der Waals surface area (Å²) < 4.78 is 24.0. The Balaban J connectivity index is 1.54. The zero-order chi connectivity index (χ0) is 44.9. The van der Waals surface area contributed by atoms with Crippen molar-refractivity contribution in [2.24, 2.45) is 39.6 Å². The Bertz CT molecular complexity index is 2300. The molecule has 0 aromatic heterocycles. The number of likely N-dealkylation sites (tertiary alicyclic amines) is 1. The molecule has 0 aliphatic carbocycles. The van der Waals surface area contributed by atoms with Crippen LogP contribution in [0.15, 0.2) is 46.1 Å². The molecule has 2 aromatic rings. The average molecular weight is 847 g/mol. The lowest BCUT2D eigenvalue weighted by Crippen LogP contribution is -2.46. The summed E-state index contributed by atoms with van der Waals surface area (Å²) in [5.41, 5.74) is -0.572. The van der Waals surface area contributed by atoms with E-state index in [0.29, 0.717) is 31.8 Å². The number of ketones is 1. The summed E-state index contributed by atoms with van der Waals surface area (Å²) in [6.07, 6.45) is 5.04. The Morgan fingerprint density at radius 2 is 1.62 bits per heavy atom. The van der Waals surface area contributed by atoms with Gasteiger partial charge in [-0.05, 0) is 25.8 Å². The highest BCUT2D eigenvalue weighted by Gasteiger charge is 2.50. The molecule has 4 bridgehead atoms. The molecular weight excluding hydrogens is 785 g/mol. The van der Waals surface area contributed by atoms with Crippen LogP contribution >= 0.6 is 0 Å². The van der Waals surface area contributed by atoms with Gasteiger partial charge in [0, 0.05) is 93.6 Å². The largest absolute Gasteiger partial charge is 0.507 e. The summed E-state index contributed by atoms with van der Waals surface area (Å²) in [7, 11) is 1.47. The molecule has 0 radical (unpaired) electrons. The number of methoxy groups -OCH3 is 1. The van der Waals surface area contributed by atoms with E-state index in [1.54, 1.807) is 65.8 Å². The number of aromatic hydroxyl groups is 2. The number of esters is 1. The Labute approximate surface area is 356 Å². The molecule has 4 heterocycles. The van der Waals surface area contributed by atoms with Crippen molar-refractivity contribution >= 4 is 34.1 Å². The minimum absolute atomic E-state index is 0.0364. The predicted octanol–water partition coefficient (Wildman–Crippen LogP) is 4.75. The molecule has 61 heavy (non-hydrogen) atoms. The number of fused-ring (bicyclic) bond motifs is 1. The van der Waals surface area contributed by atoms with Crippen LogP contribution in [-0.2, 0) is 23.8 Å². The first-order valence-electron chi connectivity index (χ1n) is 21.2. The maximum atomic E-state index is 14.7. The minimum atomic E-state index is -1.96. The van der Waals surface area contributed by atoms with Gasteiger partial charge < -0.3 is 49.6 Å². The molecule has 1 fully saturated rings. The molecule has 5 N–H and O–H groups in total. The zero-order valence-corrected chi connectivity index (χ0v) is 37.1. The van der Waals surface area contributed by atoms with Gasteiger partial charge in [0.05, 0.1) is 40.9 Å². The number of phenolic OH excluding ortho intramolecular Hbond substituents is 2. The third-order valence-electron chi connectivity index (χ3n) is 12.9. The number of hydrogen-bond acceptors (Lipinski definition) is 14. The van der Waals surface area contributed by atoms with E-state index in [4.69, 9.17) is 28.9 Å². The van der Waals surface area contributed by atoms with Crippen LogP contribution in [0.25, 0.3) is 10.8 Å². The highest BCUT2D eigenvalue weighted by molar-refractivity contribution is 6.19. The summed E-state index contributed by atoms with van der Waals surface area (Å²) in [4.78, 5) is 53.7. The number of aliphatic hydroxyl groups excluding tert-OH is 2.